The Bertz CT molecular complexity index is 1230. The van der Waals surface area contributed by atoms with Crippen LogP contribution in [0.5, 0.6) is 17.4 Å². The largest absolute Gasteiger partial charge is 0.491 e. The van der Waals surface area contributed by atoms with Gasteiger partial charge < -0.3 is 18.9 Å². The molecular formula is C24H29ClF3N3O7S. The van der Waals surface area contributed by atoms with Crippen LogP contribution in [0.2, 0.25) is 5.02 Å². The highest BCUT2D eigenvalue weighted by molar-refractivity contribution is 7.88. The summed E-state index contributed by atoms with van der Waals surface area (Å²) in [5.41, 5.74) is -0.431. The molecule has 3 rings (SSSR count). The Hall–Kier alpha value is -2.81. The van der Waals surface area contributed by atoms with E-state index in [1.165, 1.54) is 13.2 Å². The topological polar surface area (TPSA) is 125 Å². The van der Waals surface area contributed by atoms with Crippen LogP contribution < -0.4 is 18.9 Å². The van der Waals surface area contributed by atoms with Crippen LogP contribution in [0.25, 0.3) is 0 Å². The Morgan fingerprint density at radius 3 is 2.56 bits per heavy atom. The average molecular weight is 596 g/mol. The van der Waals surface area contributed by atoms with Crippen molar-refractivity contribution in [2.75, 3.05) is 26.9 Å². The number of hydrogen-bond acceptors (Lipinski definition) is 8. The summed E-state index contributed by atoms with van der Waals surface area (Å²) in [6.45, 7) is 0.459. The molecule has 2 aromatic rings. The van der Waals surface area contributed by atoms with Gasteiger partial charge in [-0.2, -0.15) is 26.3 Å². The molecule has 15 heteroatoms. The number of nitrogens with one attached hydrogen (secondary N) is 2. The molecule has 1 aromatic heterocycles. The Morgan fingerprint density at radius 1 is 1.15 bits per heavy atom. The summed E-state index contributed by atoms with van der Waals surface area (Å²) < 4.78 is 88.5. The van der Waals surface area contributed by atoms with E-state index in [4.69, 9.17) is 30.5 Å². The van der Waals surface area contributed by atoms with Gasteiger partial charge in [-0.3, -0.25) is 0 Å². The summed E-state index contributed by atoms with van der Waals surface area (Å²) in [5.74, 6) is 0.381. The normalized spacial score (nSPS) is 14.3. The molecular weight excluding hydrogens is 567 g/mol. The van der Waals surface area contributed by atoms with E-state index in [1.807, 2.05) is 4.72 Å². The Balaban J connectivity index is 1.62. The molecule has 1 heterocycles. The maximum absolute atomic E-state index is 13.0. The lowest BCUT2D eigenvalue weighted by atomic mass is 10.1. The van der Waals surface area contributed by atoms with Crippen molar-refractivity contribution < 1.29 is 45.3 Å². The number of hydrogen-bond donors (Lipinski definition) is 2. The van der Waals surface area contributed by atoms with Crippen LogP contribution >= 0.6 is 11.6 Å². The third-order valence-electron chi connectivity index (χ3n) is 5.65. The zero-order chi connectivity index (χ0) is 28.5. The molecule has 0 bridgehead atoms. The molecule has 0 unspecified atom stereocenters. The summed E-state index contributed by atoms with van der Waals surface area (Å²) in [6.07, 6.45) is -1.28. The molecule has 2 N–H and O–H groups in total. The number of methoxy groups -OCH3 is 1. The van der Waals surface area contributed by atoms with Gasteiger partial charge in [0.1, 0.15) is 23.1 Å². The smallest absolute Gasteiger partial charge is 0.421 e. The lowest BCUT2D eigenvalue weighted by molar-refractivity contribution is -0.137. The molecule has 1 aliphatic carbocycles. The average Bonchev–Trinajstić information content (AvgIpc) is 3.35. The minimum Gasteiger partial charge on any atom is -0.491 e. The van der Waals surface area contributed by atoms with Crippen molar-refractivity contribution in [1.82, 2.24) is 14.4 Å². The predicted octanol–water partition coefficient (Wildman–Crippen LogP) is 5.01. The maximum Gasteiger partial charge on any atom is 0.421 e. The van der Waals surface area contributed by atoms with Crippen LogP contribution in [0.4, 0.5) is 18.0 Å². The van der Waals surface area contributed by atoms with E-state index in [2.05, 4.69) is 9.71 Å². The van der Waals surface area contributed by atoms with Crippen molar-refractivity contribution in [3.05, 3.63) is 46.6 Å². The fraction of sp³-hybridized carbons (Fsp3) is 0.500. The second kappa shape index (κ2) is 14.0. The fourth-order valence-electron chi connectivity index (χ4n) is 3.79. The Labute approximate surface area is 229 Å². The lowest BCUT2D eigenvalue weighted by Gasteiger charge is -2.15. The molecule has 1 aliphatic rings. The van der Waals surface area contributed by atoms with E-state index < -0.39 is 28.0 Å². The number of aromatic nitrogens is 1. The van der Waals surface area contributed by atoms with Gasteiger partial charge in [0.2, 0.25) is 5.88 Å². The summed E-state index contributed by atoms with van der Waals surface area (Å²) >= 11 is 5.99. The second-order valence-corrected chi connectivity index (χ2v) is 10.5. The van der Waals surface area contributed by atoms with Crippen LogP contribution in [-0.4, -0.2) is 52.5 Å². The van der Waals surface area contributed by atoms with Gasteiger partial charge in [-0.1, -0.05) is 30.5 Å². The van der Waals surface area contributed by atoms with Crippen molar-refractivity contribution in [2.45, 2.75) is 50.7 Å². The van der Waals surface area contributed by atoms with E-state index in [9.17, 15) is 26.4 Å². The van der Waals surface area contributed by atoms with Crippen molar-refractivity contribution in [3.63, 3.8) is 0 Å². The molecule has 0 radical (unpaired) electrons. The number of aryl methyl sites for hydroxylation is 1. The summed E-state index contributed by atoms with van der Waals surface area (Å²) in [4.78, 5) is 15.7. The first-order chi connectivity index (χ1) is 18.5. The first kappa shape index (κ1) is 30.7. The Morgan fingerprint density at radius 2 is 1.90 bits per heavy atom. The molecule has 1 saturated carbocycles. The van der Waals surface area contributed by atoms with Gasteiger partial charge in [0.05, 0.1) is 18.8 Å². The van der Waals surface area contributed by atoms with Gasteiger partial charge in [-0.05, 0) is 43.4 Å². The number of ether oxygens (including phenoxy) is 4. The van der Waals surface area contributed by atoms with Crippen LogP contribution in [0.1, 0.15) is 43.2 Å². The third kappa shape index (κ3) is 10.0. The van der Waals surface area contributed by atoms with Crippen LogP contribution in [-0.2, 0) is 32.3 Å². The number of benzene rings is 1. The SMILES string of the molecule is COCCOc1ccc(CCCOC(=O)NS(=O)(=O)NC2CCCC2)c(Oc2ncc(C(F)(F)F)cc2Cl)c1. The monoisotopic (exact) mass is 595 g/mol. The van der Waals surface area contributed by atoms with E-state index in [0.717, 1.165) is 12.8 Å². The summed E-state index contributed by atoms with van der Waals surface area (Å²) in [7, 11) is -2.52. The number of alkyl halides is 3. The van der Waals surface area contributed by atoms with E-state index >= 15 is 0 Å². The van der Waals surface area contributed by atoms with Gasteiger partial charge in [0, 0.05) is 25.4 Å². The quantitative estimate of drug-likeness (QED) is 0.310. The molecule has 0 atom stereocenters. The fourth-order valence-corrected chi connectivity index (χ4v) is 5.00. The molecule has 10 nitrogen and oxygen atoms in total. The van der Waals surface area contributed by atoms with Gasteiger partial charge in [0.25, 0.3) is 0 Å². The van der Waals surface area contributed by atoms with E-state index in [-0.39, 0.29) is 42.3 Å². The molecule has 216 valence electrons. The Kier molecular flexibility index (Phi) is 11.0. The lowest BCUT2D eigenvalue weighted by Crippen LogP contribution is -2.44. The molecule has 0 saturated heterocycles. The molecule has 39 heavy (non-hydrogen) atoms. The highest BCUT2D eigenvalue weighted by Crippen LogP contribution is 2.36. The van der Waals surface area contributed by atoms with Gasteiger partial charge in [-0.15, -0.1) is 0 Å². The predicted molar refractivity (Wildman–Crippen MR) is 135 cm³/mol. The maximum atomic E-state index is 13.0. The number of amides is 1. The van der Waals surface area contributed by atoms with Crippen LogP contribution in [0.15, 0.2) is 30.5 Å². The first-order valence-corrected chi connectivity index (χ1v) is 13.9. The number of nitrogens with zero attached hydrogens (tertiary/aromatic N) is 1. The molecule has 0 aliphatic heterocycles. The zero-order valence-corrected chi connectivity index (χ0v) is 22.6. The standard InChI is InChI=1S/C24H29ClF3N3O7S/c1-35-11-12-36-19-9-8-16(21(14-19)38-22-20(25)13-17(15-29-22)24(26,27)28)5-4-10-37-23(32)31-39(33,34)30-18-6-2-3-7-18/h8-9,13-15,18,30H,2-7,10-12H2,1H3,(H,31,32). The number of rotatable bonds is 13. The number of carbonyl (C=O) groups is 1. The molecule has 0 spiro atoms. The van der Waals surface area contributed by atoms with E-state index in [1.54, 1.807) is 12.1 Å². The van der Waals surface area contributed by atoms with Gasteiger partial charge >= 0.3 is 22.5 Å². The van der Waals surface area contributed by atoms with Gasteiger partial charge in [0.15, 0.2) is 0 Å². The minimum atomic E-state index is -4.62. The molecule has 1 amide bonds. The first-order valence-electron chi connectivity index (χ1n) is 12.1. The zero-order valence-electron chi connectivity index (χ0n) is 21.1. The van der Waals surface area contributed by atoms with Crippen LogP contribution in [0, 0.1) is 0 Å². The third-order valence-corrected chi connectivity index (χ3v) is 7.00. The van der Waals surface area contributed by atoms with Crippen molar-refractivity contribution >= 4 is 27.9 Å². The number of carbonyl (C=O) groups excluding carboxylic acids is 1. The molecule has 1 aromatic carbocycles. The van der Waals surface area contributed by atoms with Crippen molar-refractivity contribution in [1.29, 1.82) is 0 Å². The number of halogens is 4. The summed E-state index contributed by atoms with van der Waals surface area (Å²) in [6, 6.07) is 5.36. The van der Waals surface area contributed by atoms with Gasteiger partial charge in [-0.25, -0.2) is 14.5 Å². The minimum absolute atomic E-state index is 0.115. The highest BCUT2D eigenvalue weighted by Gasteiger charge is 2.32. The van der Waals surface area contributed by atoms with Crippen molar-refractivity contribution in [3.8, 4) is 17.4 Å². The van der Waals surface area contributed by atoms with Crippen molar-refractivity contribution in [2.24, 2.45) is 0 Å². The van der Waals surface area contributed by atoms with Crippen LogP contribution in [0.3, 0.4) is 0 Å². The number of pyridine rings is 1. The van der Waals surface area contributed by atoms with E-state index in [0.29, 0.717) is 49.4 Å². The summed E-state index contributed by atoms with van der Waals surface area (Å²) in [5, 5.41) is -0.339. The second-order valence-electron chi connectivity index (χ2n) is 8.67. The molecule has 1 fully saturated rings. The highest BCUT2D eigenvalue weighted by atomic mass is 35.5.